The van der Waals surface area contributed by atoms with E-state index in [4.69, 9.17) is 5.11 Å². The van der Waals surface area contributed by atoms with Gasteiger partial charge in [-0.2, -0.15) is 0 Å². The topological polar surface area (TPSA) is 57.6 Å². The Morgan fingerprint density at radius 2 is 2.14 bits per heavy atom. The van der Waals surface area contributed by atoms with Crippen molar-refractivity contribution < 1.29 is 14.7 Å². The van der Waals surface area contributed by atoms with Crippen LogP contribution in [0.1, 0.15) is 37.7 Å². The molecule has 0 aliphatic carbocycles. The Balaban J connectivity index is 1.80. The zero-order valence-corrected chi connectivity index (χ0v) is 14.2. The number of benzene rings is 1. The third-order valence-corrected chi connectivity index (χ3v) is 4.65. The first-order valence-electron chi connectivity index (χ1n) is 7.78. The Hall–Kier alpha value is -1.36. The molecule has 0 aromatic heterocycles. The minimum atomic E-state index is -0.752. The third kappa shape index (κ3) is 5.44. The summed E-state index contributed by atoms with van der Waals surface area (Å²) in [5, 5.41) is 8.77. The molecule has 5 heteroatoms. The van der Waals surface area contributed by atoms with E-state index in [-0.39, 0.29) is 12.3 Å². The number of hydrogen-bond donors (Lipinski definition) is 1. The predicted octanol–water partition coefficient (Wildman–Crippen LogP) is 3.49. The van der Waals surface area contributed by atoms with E-state index in [1.54, 1.807) is 0 Å². The summed E-state index contributed by atoms with van der Waals surface area (Å²) >= 11 is 3.44. The van der Waals surface area contributed by atoms with Crippen molar-refractivity contribution in [2.24, 2.45) is 5.92 Å². The molecule has 0 bridgehead atoms. The number of carbonyl (C=O) groups excluding carboxylic acids is 1. The van der Waals surface area contributed by atoms with E-state index < -0.39 is 5.97 Å². The van der Waals surface area contributed by atoms with E-state index in [0.29, 0.717) is 25.3 Å². The number of amides is 1. The van der Waals surface area contributed by atoms with E-state index in [2.05, 4.69) is 15.9 Å². The van der Waals surface area contributed by atoms with Crippen molar-refractivity contribution in [2.75, 3.05) is 13.1 Å². The lowest BCUT2D eigenvalue weighted by Gasteiger charge is -2.32. The van der Waals surface area contributed by atoms with Gasteiger partial charge in [-0.1, -0.05) is 28.1 Å². The minimum Gasteiger partial charge on any atom is -0.481 e. The SMILES string of the molecule is O=C(O)CC[C@H]1CCCN(C(=O)CCc2cccc(Br)c2)C1. The molecule has 1 aliphatic rings. The van der Waals surface area contributed by atoms with Gasteiger partial charge >= 0.3 is 5.97 Å². The van der Waals surface area contributed by atoms with Gasteiger partial charge < -0.3 is 10.0 Å². The smallest absolute Gasteiger partial charge is 0.303 e. The molecular formula is C17H22BrNO3. The van der Waals surface area contributed by atoms with Gasteiger partial charge in [0.05, 0.1) is 0 Å². The maximum atomic E-state index is 12.3. The molecule has 4 nitrogen and oxygen atoms in total. The molecule has 0 saturated carbocycles. The zero-order valence-electron chi connectivity index (χ0n) is 12.6. The fourth-order valence-corrected chi connectivity index (χ4v) is 3.40. The molecule has 0 unspecified atom stereocenters. The monoisotopic (exact) mass is 367 g/mol. The predicted molar refractivity (Wildman–Crippen MR) is 88.6 cm³/mol. The number of nitrogens with zero attached hydrogens (tertiary/aromatic N) is 1. The summed E-state index contributed by atoms with van der Waals surface area (Å²) in [6.07, 6.45) is 4.14. The molecule has 120 valence electrons. The molecule has 1 saturated heterocycles. The Labute approximate surface area is 139 Å². The molecule has 1 aliphatic heterocycles. The maximum Gasteiger partial charge on any atom is 0.303 e. The molecule has 1 heterocycles. The van der Waals surface area contributed by atoms with Crippen LogP contribution in [0.25, 0.3) is 0 Å². The molecule has 0 radical (unpaired) electrons. The first kappa shape index (κ1) is 17.0. The first-order chi connectivity index (χ1) is 10.5. The van der Waals surface area contributed by atoms with Crippen LogP contribution in [0.4, 0.5) is 0 Å². The first-order valence-corrected chi connectivity index (χ1v) is 8.58. The largest absolute Gasteiger partial charge is 0.481 e. The van der Waals surface area contributed by atoms with E-state index in [9.17, 15) is 9.59 Å². The van der Waals surface area contributed by atoms with Crippen molar-refractivity contribution >= 4 is 27.8 Å². The van der Waals surface area contributed by atoms with Crippen molar-refractivity contribution in [3.8, 4) is 0 Å². The number of rotatable bonds is 6. The van der Waals surface area contributed by atoms with Crippen LogP contribution in [0, 0.1) is 5.92 Å². The van der Waals surface area contributed by atoms with Gasteiger partial charge in [0.25, 0.3) is 0 Å². The van der Waals surface area contributed by atoms with Crippen LogP contribution in [-0.4, -0.2) is 35.0 Å². The highest BCUT2D eigenvalue weighted by molar-refractivity contribution is 9.10. The van der Waals surface area contributed by atoms with Crippen molar-refractivity contribution in [3.05, 3.63) is 34.3 Å². The number of carboxylic acid groups (broad SMARTS) is 1. The van der Waals surface area contributed by atoms with Gasteiger partial charge in [-0.15, -0.1) is 0 Å². The van der Waals surface area contributed by atoms with Crippen LogP contribution in [0.5, 0.6) is 0 Å². The number of aryl methyl sites for hydroxylation is 1. The lowest BCUT2D eigenvalue weighted by molar-refractivity contribution is -0.137. The van der Waals surface area contributed by atoms with Crippen molar-refractivity contribution in [2.45, 2.75) is 38.5 Å². The lowest BCUT2D eigenvalue weighted by Crippen LogP contribution is -2.40. The number of halogens is 1. The number of carbonyl (C=O) groups is 2. The minimum absolute atomic E-state index is 0.181. The van der Waals surface area contributed by atoms with E-state index >= 15 is 0 Å². The van der Waals surface area contributed by atoms with E-state index in [0.717, 1.165) is 35.8 Å². The summed E-state index contributed by atoms with van der Waals surface area (Å²) in [4.78, 5) is 24.9. The summed E-state index contributed by atoms with van der Waals surface area (Å²) in [7, 11) is 0. The summed E-state index contributed by atoms with van der Waals surface area (Å²) in [5.74, 6) is -0.238. The molecular weight excluding hydrogens is 346 g/mol. The molecule has 1 fully saturated rings. The Morgan fingerprint density at radius 3 is 2.86 bits per heavy atom. The van der Waals surface area contributed by atoms with Crippen LogP contribution < -0.4 is 0 Å². The van der Waals surface area contributed by atoms with Crippen LogP contribution in [0.15, 0.2) is 28.7 Å². The highest BCUT2D eigenvalue weighted by Crippen LogP contribution is 2.22. The lowest BCUT2D eigenvalue weighted by atomic mass is 9.93. The van der Waals surface area contributed by atoms with Gasteiger partial charge in [-0.25, -0.2) is 0 Å². The standard InChI is InChI=1S/C17H22BrNO3/c18-15-5-1-3-13(11-15)6-8-16(20)19-10-2-4-14(12-19)7-9-17(21)22/h1,3,5,11,14H,2,4,6-10,12H2,(H,21,22)/t14-/m1/s1. The Kier molecular flexibility index (Phi) is 6.43. The van der Waals surface area contributed by atoms with Gasteiger partial charge in [0.2, 0.25) is 5.91 Å². The Morgan fingerprint density at radius 1 is 1.32 bits per heavy atom. The average molecular weight is 368 g/mol. The fraction of sp³-hybridized carbons (Fsp3) is 0.529. The molecule has 0 spiro atoms. The maximum absolute atomic E-state index is 12.3. The molecule has 1 amide bonds. The van der Waals surface area contributed by atoms with Crippen LogP contribution >= 0.6 is 15.9 Å². The van der Waals surface area contributed by atoms with Gasteiger partial charge in [-0.05, 0) is 49.3 Å². The molecule has 1 atom stereocenters. The van der Waals surface area contributed by atoms with E-state index in [1.807, 2.05) is 29.2 Å². The quantitative estimate of drug-likeness (QED) is 0.836. The second-order valence-electron chi connectivity index (χ2n) is 5.91. The molecule has 22 heavy (non-hydrogen) atoms. The van der Waals surface area contributed by atoms with Crippen LogP contribution in [0.3, 0.4) is 0 Å². The normalized spacial score (nSPS) is 18.2. The van der Waals surface area contributed by atoms with Crippen molar-refractivity contribution in [1.29, 1.82) is 0 Å². The van der Waals surface area contributed by atoms with Crippen molar-refractivity contribution in [1.82, 2.24) is 4.90 Å². The second kappa shape index (κ2) is 8.32. The number of aliphatic carboxylic acids is 1. The second-order valence-corrected chi connectivity index (χ2v) is 6.83. The molecule has 1 N–H and O–H groups in total. The molecule has 1 aromatic carbocycles. The average Bonchev–Trinajstić information content (AvgIpc) is 2.51. The summed E-state index contributed by atoms with van der Waals surface area (Å²) in [6, 6.07) is 8.03. The highest BCUT2D eigenvalue weighted by Gasteiger charge is 2.23. The van der Waals surface area contributed by atoms with Gasteiger partial charge in [0.1, 0.15) is 0 Å². The number of hydrogen-bond acceptors (Lipinski definition) is 2. The zero-order chi connectivity index (χ0) is 15.9. The Bertz CT molecular complexity index is 532. The van der Waals surface area contributed by atoms with E-state index in [1.165, 1.54) is 0 Å². The summed E-state index contributed by atoms with van der Waals surface area (Å²) in [5.41, 5.74) is 1.15. The summed E-state index contributed by atoms with van der Waals surface area (Å²) in [6.45, 7) is 1.52. The summed E-state index contributed by atoms with van der Waals surface area (Å²) < 4.78 is 1.03. The number of carboxylic acids is 1. The molecule has 2 rings (SSSR count). The highest BCUT2D eigenvalue weighted by atomic mass is 79.9. The number of likely N-dealkylation sites (tertiary alicyclic amines) is 1. The molecule has 1 aromatic rings. The van der Waals surface area contributed by atoms with Gasteiger partial charge in [-0.3, -0.25) is 9.59 Å². The third-order valence-electron chi connectivity index (χ3n) is 4.15. The van der Waals surface area contributed by atoms with Gasteiger partial charge in [0, 0.05) is 30.4 Å². The van der Waals surface area contributed by atoms with Crippen LogP contribution in [-0.2, 0) is 16.0 Å². The van der Waals surface area contributed by atoms with Crippen LogP contribution in [0.2, 0.25) is 0 Å². The van der Waals surface area contributed by atoms with Crippen molar-refractivity contribution in [3.63, 3.8) is 0 Å². The van der Waals surface area contributed by atoms with Gasteiger partial charge in [0.15, 0.2) is 0 Å². The fourth-order valence-electron chi connectivity index (χ4n) is 2.96. The number of piperidine rings is 1.